The first-order valence-electron chi connectivity index (χ1n) is 8.06. The van der Waals surface area contributed by atoms with Crippen LogP contribution in [0.25, 0.3) is 11.3 Å². The molecule has 1 aliphatic rings. The van der Waals surface area contributed by atoms with E-state index in [2.05, 4.69) is 10.4 Å². The molecule has 1 atom stereocenters. The van der Waals surface area contributed by atoms with E-state index in [1.807, 2.05) is 24.3 Å². The molecule has 0 radical (unpaired) electrons. The molecule has 1 N–H and O–H groups in total. The van der Waals surface area contributed by atoms with Crippen LogP contribution in [-0.2, 0) is 11.8 Å². The number of aromatic nitrogens is 2. The molecule has 126 valence electrons. The smallest absolute Gasteiger partial charge is 0.226 e. The maximum Gasteiger partial charge on any atom is 0.226 e. The number of amides is 1. The molecular weight excluding hydrogens is 318 g/mol. The SMILES string of the molecule is CC(=O)c1ccc(-c2ccc(C3CC(=O)Nc4c3cnn4C)o2)cc1. The van der Waals surface area contributed by atoms with E-state index in [0.717, 1.165) is 16.9 Å². The molecule has 1 aliphatic heterocycles. The number of nitrogens with zero attached hydrogens (tertiary/aromatic N) is 2. The number of carbonyl (C=O) groups excluding carboxylic acids is 2. The largest absolute Gasteiger partial charge is 0.460 e. The molecule has 0 saturated carbocycles. The Morgan fingerprint density at radius 1 is 1.24 bits per heavy atom. The molecule has 0 saturated heterocycles. The maximum absolute atomic E-state index is 12.0. The molecule has 0 fully saturated rings. The Kier molecular flexibility index (Phi) is 3.53. The standard InChI is InChI=1S/C19H17N3O3/c1-11(23)12-3-5-13(6-4-12)16-7-8-17(25-16)14-9-18(24)21-19-15(14)10-20-22(19)2/h3-8,10,14H,9H2,1-2H3,(H,21,24). The molecule has 25 heavy (non-hydrogen) atoms. The van der Waals surface area contributed by atoms with Crippen LogP contribution in [0.2, 0.25) is 0 Å². The number of hydrogen-bond donors (Lipinski definition) is 1. The number of nitrogens with one attached hydrogen (secondary N) is 1. The number of Topliss-reactive ketones (excluding diaryl/α,β-unsaturated/α-hetero) is 1. The third kappa shape index (κ3) is 2.65. The van der Waals surface area contributed by atoms with Crippen molar-refractivity contribution in [2.45, 2.75) is 19.3 Å². The number of furan rings is 1. The summed E-state index contributed by atoms with van der Waals surface area (Å²) < 4.78 is 7.68. The Morgan fingerprint density at radius 2 is 2.00 bits per heavy atom. The summed E-state index contributed by atoms with van der Waals surface area (Å²) in [5, 5.41) is 7.08. The number of rotatable bonds is 3. The number of anilines is 1. The van der Waals surface area contributed by atoms with Gasteiger partial charge < -0.3 is 9.73 Å². The van der Waals surface area contributed by atoms with Gasteiger partial charge in [0.05, 0.1) is 12.1 Å². The average Bonchev–Trinajstić information content (AvgIpc) is 3.22. The minimum Gasteiger partial charge on any atom is -0.460 e. The summed E-state index contributed by atoms with van der Waals surface area (Å²) in [5.41, 5.74) is 2.51. The number of aryl methyl sites for hydroxylation is 1. The lowest BCUT2D eigenvalue weighted by Crippen LogP contribution is -2.24. The summed E-state index contributed by atoms with van der Waals surface area (Å²) in [4.78, 5) is 23.4. The number of ketones is 1. The van der Waals surface area contributed by atoms with Crippen molar-refractivity contribution >= 4 is 17.5 Å². The molecule has 4 rings (SSSR count). The molecule has 2 aromatic heterocycles. The third-order valence-corrected chi connectivity index (χ3v) is 4.54. The quantitative estimate of drug-likeness (QED) is 0.745. The second kappa shape index (κ2) is 5.73. The van der Waals surface area contributed by atoms with E-state index in [1.165, 1.54) is 0 Å². The minimum atomic E-state index is -0.150. The molecular formula is C19H17N3O3. The molecule has 6 heteroatoms. The van der Waals surface area contributed by atoms with E-state index in [0.29, 0.717) is 23.6 Å². The minimum absolute atomic E-state index is 0.0315. The summed E-state index contributed by atoms with van der Waals surface area (Å²) in [6, 6.07) is 11.1. The van der Waals surface area contributed by atoms with Crippen molar-refractivity contribution in [3.8, 4) is 11.3 Å². The fraction of sp³-hybridized carbons (Fsp3) is 0.211. The lowest BCUT2D eigenvalue weighted by molar-refractivity contribution is -0.116. The van der Waals surface area contributed by atoms with Gasteiger partial charge in [0, 0.05) is 30.2 Å². The van der Waals surface area contributed by atoms with Crippen molar-refractivity contribution in [2.24, 2.45) is 7.05 Å². The highest BCUT2D eigenvalue weighted by atomic mass is 16.3. The van der Waals surface area contributed by atoms with Gasteiger partial charge in [0.15, 0.2) is 5.78 Å². The zero-order valence-corrected chi connectivity index (χ0v) is 13.9. The first-order valence-corrected chi connectivity index (χ1v) is 8.06. The van der Waals surface area contributed by atoms with Crippen LogP contribution in [0, 0.1) is 0 Å². The molecule has 0 spiro atoms. The van der Waals surface area contributed by atoms with Gasteiger partial charge in [0.1, 0.15) is 17.3 Å². The molecule has 1 amide bonds. The van der Waals surface area contributed by atoms with Gasteiger partial charge in [-0.15, -0.1) is 0 Å². The molecule has 3 heterocycles. The number of hydrogen-bond acceptors (Lipinski definition) is 4. The van der Waals surface area contributed by atoms with Gasteiger partial charge >= 0.3 is 0 Å². The van der Waals surface area contributed by atoms with Crippen molar-refractivity contribution < 1.29 is 14.0 Å². The molecule has 1 unspecified atom stereocenters. The highest BCUT2D eigenvalue weighted by molar-refractivity contribution is 5.95. The predicted molar refractivity (Wildman–Crippen MR) is 92.4 cm³/mol. The van der Waals surface area contributed by atoms with Crippen LogP contribution in [0.15, 0.2) is 47.0 Å². The highest BCUT2D eigenvalue weighted by Crippen LogP contribution is 2.38. The van der Waals surface area contributed by atoms with Crippen molar-refractivity contribution in [1.29, 1.82) is 0 Å². The Balaban J connectivity index is 1.67. The van der Waals surface area contributed by atoms with Crippen LogP contribution >= 0.6 is 0 Å². The van der Waals surface area contributed by atoms with Crippen LogP contribution in [0.4, 0.5) is 5.82 Å². The van der Waals surface area contributed by atoms with Crippen molar-refractivity contribution in [3.63, 3.8) is 0 Å². The first-order chi connectivity index (χ1) is 12.0. The van der Waals surface area contributed by atoms with Gasteiger partial charge in [0.2, 0.25) is 5.91 Å². The van der Waals surface area contributed by atoms with Gasteiger partial charge in [-0.05, 0) is 19.1 Å². The molecule has 3 aromatic rings. The molecule has 1 aromatic carbocycles. The third-order valence-electron chi connectivity index (χ3n) is 4.54. The van der Waals surface area contributed by atoms with E-state index in [1.54, 1.807) is 37.0 Å². The Hall–Kier alpha value is -3.15. The second-order valence-corrected chi connectivity index (χ2v) is 6.21. The summed E-state index contributed by atoms with van der Waals surface area (Å²) in [6.07, 6.45) is 2.10. The molecule has 0 aliphatic carbocycles. The highest BCUT2D eigenvalue weighted by Gasteiger charge is 2.31. The topological polar surface area (TPSA) is 77.1 Å². The molecule has 6 nitrogen and oxygen atoms in total. The summed E-state index contributed by atoms with van der Waals surface area (Å²) in [6.45, 7) is 1.54. The maximum atomic E-state index is 12.0. The Morgan fingerprint density at radius 3 is 2.72 bits per heavy atom. The van der Waals surface area contributed by atoms with Gasteiger partial charge in [-0.25, -0.2) is 0 Å². The van der Waals surface area contributed by atoms with E-state index in [-0.39, 0.29) is 17.6 Å². The van der Waals surface area contributed by atoms with Crippen molar-refractivity contribution in [1.82, 2.24) is 9.78 Å². The van der Waals surface area contributed by atoms with Crippen molar-refractivity contribution in [3.05, 3.63) is 59.5 Å². The van der Waals surface area contributed by atoms with Crippen LogP contribution in [0.1, 0.15) is 40.9 Å². The van der Waals surface area contributed by atoms with Gasteiger partial charge in [-0.3, -0.25) is 14.3 Å². The monoisotopic (exact) mass is 335 g/mol. The average molecular weight is 335 g/mol. The molecule has 0 bridgehead atoms. The summed E-state index contributed by atoms with van der Waals surface area (Å²) in [5.74, 6) is 1.98. The number of carbonyl (C=O) groups is 2. The van der Waals surface area contributed by atoms with E-state index in [4.69, 9.17) is 4.42 Å². The number of benzene rings is 1. The first kappa shape index (κ1) is 15.4. The van der Waals surface area contributed by atoms with Crippen LogP contribution < -0.4 is 5.32 Å². The van der Waals surface area contributed by atoms with E-state index < -0.39 is 0 Å². The zero-order chi connectivity index (χ0) is 17.6. The van der Waals surface area contributed by atoms with Gasteiger partial charge in [-0.2, -0.15) is 5.10 Å². The number of fused-ring (bicyclic) bond motifs is 1. The van der Waals surface area contributed by atoms with Crippen LogP contribution in [-0.4, -0.2) is 21.5 Å². The fourth-order valence-electron chi connectivity index (χ4n) is 3.16. The summed E-state index contributed by atoms with van der Waals surface area (Å²) in [7, 11) is 1.80. The lowest BCUT2D eigenvalue weighted by atomic mass is 9.92. The van der Waals surface area contributed by atoms with Gasteiger partial charge in [0.25, 0.3) is 0 Å². The van der Waals surface area contributed by atoms with Crippen LogP contribution in [0.5, 0.6) is 0 Å². The van der Waals surface area contributed by atoms with E-state index in [9.17, 15) is 9.59 Å². The lowest BCUT2D eigenvalue weighted by Gasteiger charge is -2.21. The summed E-state index contributed by atoms with van der Waals surface area (Å²) >= 11 is 0. The fourth-order valence-corrected chi connectivity index (χ4v) is 3.16. The Bertz CT molecular complexity index is 966. The van der Waals surface area contributed by atoms with E-state index >= 15 is 0 Å². The Labute approximate surface area is 144 Å². The van der Waals surface area contributed by atoms with Gasteiger partial charge in [-0.1, -0.05) is 24.3 Å². The van der Waals surface area contributed by atoms with Crippen molar-refractivity contribution in [2.75, 3.05) is 5.32 Å². The van der Waals surface area contributed by atoms with Crippen LogP contribution in [0.3, 0.4) is 0 Å². The second-order valence-electron chi connectivity index (χ2n) is 6.21. The predicted octanol–water partition coefficient (Wildman–Crippen LogP) is 3.36. The zero-order valence-electron chi connectivity index (χ0n) is 13.9. The normalized spacial score (nSPS) is 16.4.